The van der Waals surface area contributed by atoms with Crippen LogP contribution in [0.15, 0.2) is 51.7 Å². The maximum absolute atomic E-state index is 12.1. The second-order valence-electron chi connectivity index (χ2n) is 4.24. The number of rotatable bonds is 1. The average Bonchev–Trinajstić information content (AvgIpc) is 2.68. The highest BCUT2D eigenvalue weighted by Gasteiger charge is 2.10. The van der Waals surface area contributed by atoms with Gasteiger partial charge in [0.25, 0.3) is 0 Å². The normalized spacial score (nSPS) is 11.0. The molecule has 1 aromatic heterocycles. The van der Waals surface area contributed by atoms with Crippen molar-refractivity contribution in [2.24, 2.45) is 0 Å². The topological polar surface area (TPSA) is 37.8 Å². The molecule has 0 aliphatic carbocycles. The van der Waals surface area contributed by atoms with Gasteiger partial charge in [0.05, 0.1) is 16.7 Å². The first-order valence-corrected chi connectivity index (χ1v) is 6.42. The lowest BCUT2D eigenvalue weighted by Crippen LogP contribution is -2.14. The van der Waals surface area contributed by atoms with E-state index in [9.17, 15) is 4.79 Å². The number of para-hydroxylation sites is 1. The van der Waals surface area contributed by atoms with Crippen molar-refractivity contribution in [3.8, 4) is 5.69 Å². The Morgan fingerprint density at radius 1 is 1.11 bits per heavy atom. The number of fused-ring (bicyclic) bond motifs is 1. The average molecular weight is 303 g/mol. The summed E-state index contributed by atoms with van der Waals surface area (Å²) in [6.45, 7) is 2.03. The van der Waals surface area contributed by atoms with Crippen molar-refractivity contribution < 1.29 is 0 Å². The summed E-state index contributed by atoms with van der Waals surface area (Å²) in [7, 11) is 0. The molecule has 3 aromatic rings. The molecule has 0 atom stereocenters. The van der Waals surface area contributed by atoms with Crippen molar-refractivity contribution in [2.75, 3.05) is 0 Å². The van der Waals surface area contributed by atoms with E-state index in [2.05, 4.69) is 20.9 Å². The molecule has 0 fully saturated rings. The van der Waals surface area contributed by atoms with Crippen LogP contribution in [0.1, 0.15) is 5.56 Å². The molecule has 1 N–H and O–H groups in total. The van der Waals surface area contributed by atoms with Gasteiger partial charge < -0.3 is 4.98 Å². The van der Waals surface area contributed by atoms with E-state index in [0.29, 0.717) is 0 Å². The van der Waals surface area contributed by atoms with Gasteiger partial charge in [-0.15, -0.1) is 0 Å². The molecule has 90 valence electrons. The van der Waals surface area contributed by atoms with E-state index in [1.54, 1.807) is 4.57 Å². The molecule has 0 bridgehead atoms. The Labute approximate surface area is 112 Å². The Morgan fingerprint density at radius 3 is 2.56 bits per heavy atom. The maximum atomic E-state index is 12.1. The van der Waals surface area contributed by atoms with Gasteiger partial charge >= 0.3 is 5.69 Å². The first-order valence-electron chi connectivity index (χ1n) is 5.63. The highest BCUT2D eigenvalue weighted by Crippen LogP contribution is 2.24. The number of nitrogens with zero attached hydrogens (tertiary/aromatic N) is 1. The van der Waals surface area contributed by atoms with Gasteiger partial charge in [-0.1, -0.05) is 23.8 Å². The number of hydrogen-bond acceptors (Lipinski definition) is 1. The lowest BCUT2D eigenvalue weighted by molar-refractivity contribution is 1.01. The van der Waals surface area contributed by atoms with Gasteiger partial charge in [0, 0.05) is 4.47 Å². The van der Waals surface area contributed by atoms with Crippen LogP contribution < -0.4 is 5.69 Å². The van der Waals surface area contributed by atoms with E-state index in [4.69, 9.17) is 0 Å². The van der Waals surface area contributed by atoms with E-state index in [0.717, 1.165) is 21.2 Å². The summed E-state index contributed by atoms with van der Waals surface area (Å²) in [5.74, 6) is 0. The molecule has 1 heterocycles. The Kier molecular flexibility index (Phi) is 2.59. The number of aromatic amines is 1. The molecular formula is C14H11BrN2O. The molecule has 0 saturated carbocycles. The number of halogens is 1. The number of benzene rings is 2. The van der Waals surface area contributed by atoms with Gasteiger partial charge in [-0.05, 0) is 47.1 Å². The van der Waals surface area contributed by atoms with Crippen LogP contribution in [0.3, 0.4) is 0 Å². The van der Waals surface area contributed by atoms with E-state index in [-0.39, 0.29) is 5.69 Å². The fraction of sp³-hybridized carbons (Fsp3) is 0.0714. The van der Waals surface area contributed by atoms with Crippen molar-refractivity contribution in [3.05, 3.63) is 63.0 Å². The van der Waals surface area contributed by atoms with Crippen molar-refractivity contribution in [1.82, 2.24) is 9.55 Å². The number of nitrogens with one attached hydrogen (secondary N) is 1. The molecule has 18 heavy (non-hydrogen) atoms. The Bertz CT molecular complexity index is 769. The fourth-order valence-electron chi connectivity index (χ4n) is 2.06. The Hall–Kier alpha value is -1.81. The molecule has 0 spiro atoms. The summed E-state index contributed by atoms with van der Waals surface area (Å²) in [5.41, 5.74) is 3.61. The zero-order valence-corrected chi connectivity index (χ0v) is 11.4. The van der Waals surface area contributed by atoms with E-state index in [1.165, 1.54) is 5.56 Å². The molecule has 3 rings (SSSR count). The van der Waals surface area contributed by atoms with Crippen molar-refractivity contribution in [2.45, 2.75) is 6.92 Å². The van der Waals surface area contributed by atoms with Crippen molar-refractivity contribution in [3.63, 3.8) is 0 Å². The monoisotopic (exact) mass is 302 g/mol. The smallest absolute Gasteiger partial charge is 0.305 e. The summed E-state index contributed by atoms with van der Waals surface area (Å²) in [4.78, 5) is 14.9. The molecule has 0 amide bonds. The lowest BCUT2D eigenvalue weighted by Gasteiger charge is -2.05. The summed E-state index contributed by atoms with van der Waals surface area (Å²) in [5, 5.41) is 0. The summed E-state index contributed by atoms with van der Waals surface area (Å²) in [6, 6.07) is 13.6. The number of imidazole rings is 1. The minimum absolute atomic E-state index is 0.124. The largest absolute Gasteiger partial charge is 0.331 e. The molecular weight excluding hydrogens is 292 g/mol. The maximum Gasteiger partial charge on any atom is 0.331 e. The Morgan fingerprint density at radius 2 is 1.83 bits per heavy atom. The molecule has 0 radical (unpaired) electrons. The van der Waals surface area contributed by atoms with Gasteiger partial charge in [-0.3, -0.25) is 4.57 Å². The van der Waals surface area contributed by atoms with Crippen molar-refractivity contribution >= 4 is 27.0 Å². The summed E-state index contributed by atoms with van der Waals surface area (Å²) >= 11 is 3.49. The third kappa shape index (κ3) is 1.69. The van der Waals surface area contributed by atoms with E-state index < -0.39 is 0 Å². The molecule has 2 aromatic carbocycles. The van der Waals surface area contributed by atoms with E-state index >= 15 is 0 Å². The molecule has 3 nitrogen and oxygen atoms in total. The molecule has 0 aliphatic rings. The van der Waals surface area contributed by atoms with Gasteiger partial charge in [-0.25, -0.2) is 4.79 Å². The van der Waals surface area contributed by atoms with Crippen LogP contribution in [0.2, 0.25) is 0 Å². The SMILES string of the molecule is Cc1ccc(-n2c(=O)[nH]c3cccc(Br)c32)cc1. The predicted molar refractivity (Wildman–Crippen MR) is 76.3 cm³/mol. The van der Waals surface area contributed by atoms with Gasteiger partial charge in [-0.2, -0.15) is 0 Å². The summed E-state index contributed by atoms with van der Waals surface area (Å²) in [6.07, 6.45) is 0. The van der Waals surface area contributed by atoms with Crippen LogP contribution in [0, 0.1) is 6.92 Å². The third-order valence-corrected chi connectivity index (χ3v) is 3.59. The molecule has 0 unspecified atom stereocenters. The second kappa shape index (κ2) is 4.14. The van der Waals surface area contributed by atoms with Crippen LogP contribution in [-0.4, -0.2) is 9.55 Å². The zero-order chi connectivity index (χ0) is 12.7. The molecule has 4 heteroatoms. The highest BCUT2D eigenvalue weighted by molar-refractivity contribution is 9.10. The van der Waals surface area contributed by atoms with Gasteiger partial charge in [0.15, 0.2) is 0 Å². The fourth-order valence-corrected chi connectivity index (χ4v) is 2.60. The van der Waals surface area contributed by atoms with Crippen LogP contribution in [0.25, 0.3) is 16.7 Å². The van der Waals surface area contributed by atoms with Crippen LogP contribution in [-0.2, 0) is 0 Å². The first-order chi connectivity index (χ1) is 8.66. The van der Waals surface area contributed by atoms with Crippen molar-refractivity contribution in [1.29, 1.82) is 0 Å². The van der Waals surface area contributed by atoms with Crippen LogP contribution in [0.4, 0.5) is 0 Å². The number of H-pyrrole nitrogens is 1. The standard InChI is InChI=1S/C14H11BrN2O/c1-9-5-7-10(8-6-9)17-13-11(15)3-2-4-12(13)16-14(17)18/h2-8H,1H3,(H,16,18). The van der Waals surface area contributed by atoms with Gasteiger partial charge in [0.2, 0.25) is 0 Å². The Balaban J connectivity index is 2.38. The van der Waals surface area contributed by atoms with Crippen LogP contribution >= 0.6 is 15.9 Å². The van der Waals surface area contributed by atoms with Gasteiger partial charge in [0.1, 0.15) is 0 Å². The second-order valence-corrected chi connectivity index (χ2v) is 5.09. The molecule has 0 aliphatic heterocycles. The first kappa shape index (κ1) is 11.3. The highest BCUT2D eigenvalue weighted by atomic mass is 79.9. The lowest BCUT2D eigenvalue weighted by atomic mass is 10.2. The third-order valence-electron chi connectivity index (χ3n) is 2.95. The number of aryl methyl sites for hydroxylation is 1. The number of hydrogen-bond donors (Lipinski definition) is 1. The molecule has 0 saturated heterocycles. The summed E-state index contributed by atoms with van der Waals surface area (Å²) < 4.78 is 2.58. The number of aromatic nitrogens is 2. The zero-order valence-electron chi connectivity index (χ0n) is 9.77. The quantitative estimate of drug-likeness (QED) is 0.735. The predicted octanol–water partition coefficient (Wildman–Crippen LogP) is 3.39. The van der Waals surface area contributed by atoms with Crippen LogP contribution in [0.5, 0.6) is 0 Å². The minimum Gasteiger partial charge on any atom is -0.305 e. The van der Waals surface area contributed by atoms with E-state index in [1.807, 2.05) is 49.4 Å². The minimum atomic E-state index is -0.124.